The van der Waals surface area contributed by atoms with Gasteiger partial charge in [0.05, 0.1) is 0 Å². The maximum absolute atomic E-state index is 12.3. The van der Waals surface area contributed by atoms with Crippen molar-refractivity contribution in [2.75, 3.05) is 26.2 Å². The minimum Gasteiger partial charge on any atom is -0.337 e. The predicted molar refractivity (Wildman–Crippen MR) is 76.6 cm³/mol. The van der Waals surface area contributed by atoms with Crippen LogP contribution in [0.4, 0.5) is 0 Å². The molecule has 0 aromatic heterocycles. The van der Waals surface area contributed by atoms with E-state index in [1.54, 1.807) is 0 Å². The number of amides is 1. The SMILES string of the molecule is Cc1ccc(C(=O)N2CCCNCC2)cc1C.Cl. The topological polar surface area (TPSA) is 32.3 Å². The largest absolute Gasteiger partial charge is 0.337 e. The third-order valence-electron chi connectivity index (χ3n) is 3.38. The monoisotopic (exact) mass is 268 g/mol. The van der Waals surface area contributed by atoms with Gasteiger partial charge in [0.1, 0.15) is 0 Å². The van der Waals surface area contributed by atoms with Crippen LogP contribution < -0.4 is 5.32 Å². The summed E-state index contributed by atoms with van der Waals surface area (Å²) in [7, 11) is 0. The standard InChI is InChI=1S/C14H20N2O.ClH/c1-11-4-5-13(10-12(11)2)14(17)16-8-3-6-15-7-9-16;/h4-5,10,15H,3,6-9H2,1-2H3;1H. The first-order valence-corrected chi connectivity index (χ1v) is 6.26. The Morgan fingerprint density at radius 2 is 1.94 bits per heavy atom. The van der Waals surface area contributed by atoms with E-state index in [-0.39, 0.29) is 18.3 Å². The number of benzene rings is 1. The second-order valence-electron chi connectivity index (χ2n) is 4.69. The molecule has 0 spiro atoms. The molecule has 1 N–H and O–H groups in total. The molecule has 0 bridgehead atoms. The molecule has 1 fully saturated rings. The van der Waals surface area contributed by atoms with Gasteiger partial charge in [-0.3, -0.25) is 4.79 Å². The molecule has 1 saturated heterocycles. The molecule has 1 heterocycles. The molecule has 0 saturated carbocycles. The van der Waals surface area contributed by atoms with Crippen molar-refractivity contribution in [3.63, 3.8) is 0 Å². The van der Waals surface area contributed by atoms with Crippen molar-refractivity contribution in [1.82, 2.24) is 10.2 Å². The Morgan fingerprint density at radius 1 is 1.17 bits per heavy atom. The van der Waals surface area contributed by atoms with Crippen LogP contribution in [0.3, 0.4) is 0 Å². The number of nitrogens with one attached hydrogen (secondary N) is 1. The van der Waals surface area contributed by atoms with Gasteiger partial charge >= 0.3 is 0 Å². The number of carbonyl (C=O) groups excluding carboxylic acids is 1. The van der Waals surface area contributed by atoms with Gasteiger partial charge in [0.15, 0.2) is 0 Å². The number of hydrogen-bond donors (Lipinski definition) is 1. The van der Waals surface area contributed by atoms with Crippen LogP contribution in [0, 0.1) is 13.8 Å². The van der Waals surface area contributed by atoms with E-state index in [1.165, 1.54) is 11.1 Å². The van der Waals surface area contributed by atoms with Crippen LogP contribution in [0.15, 0.2) is 18.2 Å². The molecular weight excluding hydrogens is 248 g/mol. The number of nitrogens with zero attached hydrogens (tertiary/aromatic N) is 1. The number of hydrogen-bond acceptors (Lipinski definition) is 2. The summed E-state index contributed by atoms with van der Waals surface area (Å²) in [5.74, 6) is 0.164. The van der Waals surface area contributed by atoms with E-state index < -0.39 is 0 Å². The molecule has 1 aliphatic heterocycles. The first-order chi connectivity index (χ1) is 8.18. The van der Waals surface area contributed by atoms with Gasteiger partial charge in [-0.15, -0.1) is 12.4 Å². The van der Waals surface area contributed by atoms with Gasteiger partial charge in [-0.1, -0.05) is 6.07 Å². The van der Waals surface area contributed by atoms with E-state index >= 15 is 0 Å². The van der Waals surface area contributed by atoms with Gasteiger partial charge in [-0.05, 0) is 50.1 Å². The maximum atomic E-state index is 12.3. The molecule has 0 aliphatic carbocycles. The summed E-state index contributed by atoms with van der Waals surface area (Å²) >= 11 is 0. The molecule has 18 heavy (non-hydrogen) atoms. The van der Waals surface area contributed by atoms with Crippen molar-refractivity contribution in [2.24, 2.45) is 0 Å². The van der Waals surface area contributed by atoms with Crippen molar-refractivity contribution < 1.29 is 4.79 Å². The molecule has 1 aromatic carbocycles. The van der Waals surface area contributed by atoms with Crippen LogP contribution in [-0.2, 0) is 0 Å². The van der Waals surface area contributed by atoms with Crippen molar-refractivity contribution >= 4 is 18.3 Å². The second-order valence-corrected chi connectivity index (χ2v) is 4.69. The highest BCUT2D eigenvalue weighted by atomic mass is 35.5. The van der Waals surface area contributed by atoms with Crippen LogP contribution in [-0.4, -0.2) is 37.0 Å². The lowest BCUT2D eigenvalue weighted by atomic mass is 10.1. The number of carbonyl (C=O) groups is 1. The van der Waals surface area contributed by atoms with Crippen LogP contribution >= 0.6 is 12.4 Å². The van der Waals surface area contributed by atoms with Gasteiger partial charge in [0, 0.05) is 25.2 Å². The Balaban J connectivity index is 0.00000162. The summed E-state index contributed by atoms with van der Waals surface area (Å²) < 4.78 is 0. The van der Waals surface area contributed by atoms with E-state index in [4.69, 9.17) is 0 Å². The quantitative estimate of drug-likeness (QED) is 0.847. The Kier molecular flexibility index (Phi) is 5.63. The van der Waals surface area contributed by atoms with Gasteiger partial charge < -0.3 is 10.2 Å². The Labute approximate surface area is 115 Å². The van der Waals surface area contributed by atoms with Crippen LogP contribution in [0.25, 0.3) is 0 Å². The molecule has 0 unspecified atom stereocenters. The fourth-order valence-corrected chi connectivity index (χ4v) is 2.11. The van der Waals surface area contributed by atoms with Crippen molar-refractivity contribution in [2.45, 2.75) is 20.3 Å². The third kappa shape index (κ3) is 3.47. The van der Waals surface area contributed by atoms with Crippen LogP contribution in [0.5, 0.6) is 0 Å². The molecule has 1 amide bonds. The third-order valence-corrected chi connectivity index (χ3v) is 3.38. The van der Waals surface area contributed by atoms with Crippen molar-refractivity contribution in [1.29, 1.82) is 0 Å². The normalized spacial score (nSPS) is 15.8. The van der Waals surface area contributed by atoms with E-state index in [9.17, 15) is 4.79 Å². The van der Waals surface area contributed by atoms with Gasteiger partial charge in [-0.2, -0.15) is 0 Å². The highest BCUT2D eigenvalue weighted by Gasteiger charge is 2.17. The van der Waals surface area contributed by atoms with Gasteiger partial charge in [0.2, 0.25) is 0 Å². The Bertz CT molecular complexity index is 412. The van der Waals surface area contributed by atoms with Crippen LogP contribution in [0.1, 0.15) is 27.9 Å². The molecule has 2 rings (SSSR count). The van der Waals surface area contributed by atoms with Crippen molar-refractivity contribution in [3.05, 3.63) is 34.9 Å². The fourth-order valence-electron chi connectivity index (χ4n) is 2.11. The molecule has 0 atom stereocenters. The lowest BCUT2D eigenvalue weighted by molar-refractivity contribution is 0.0766. The zero-order chi connectivity index (χ0) is 12.3. The summed E-state index contributed by atoms with van der Waals surface area (Å²) in [4.78, 5) is 14.3. The molecule has 4 heteroatoms. The summed E-state index contributed by atoms with van der Waals surface area (Å²) in [6.07, 6.45) is 1.04. The molecule has 0 radical (unpaired) electrons. The zero-order valence-corrected chi connectivity index (χ0v) is 11.8. The predicted octanol–water partition coefficient (Wildman–Crippen LogP) is 2.16. The molecule has 3 nitrogen and oxygen atoms in total. The Morgan fingerprint density at radius 3 is 2.67 bits per heavy atom. The first-order valence-electron chi connectivity index (χ1n) is 6.26. The van der Waals surface area contributed by atoms with Gasteiger partial charge in [-0.25, -0.2) is 0 Å². The summed E-state index contributed by atoms with van der Waals surface area (Å²) in [5, 5.41) is 3.31. The molecule has 100 valence electrons. The average molecular weight is 269 g/mol. The summed E-state index contributed by atoms with van der Waals surface area (Å²) in [5.41, 5.74) is 3.23. The maximum Gasteiger partial charge on any atom is 0.253 e. The van der Waals surface area contributed by atoms with E-state index in [0.717, 1.165) is 38.2 Å². The minimum absolute atomic E-state index is 0. The Hall–Kier alpha value is -1.06. The summed E-state index contributed by atoms with van der Waals surface area (Å²) in [6.45, 7) is 7.70. The van der Waals surface area contributed by atoms with Crippen molar-refractivity contribution in [3.8, 4) is 0 Å². The highest BCUT2D eigenvalue weighted by molar-refractivity contribution is 5.94. The van der Waals surface area contributed by atoms with E-state index in [2.05, 4.69) is 19.2 Å². The highest BCUT2D eigenvalue weighted by Crippen LogP contribution is 2.12. The van der Waals surface area contributed by atoms with Gasteiger partial charge in [0.25, 0.3) is 5.91 Å². The number of halogens is 1. The second kappa shape index (κ2) is 6.76. The van der Waals surface area contributed by atoms with E-state index in [1.807, 2.05) is 23.1 Å². The lowest BCUT2D eigenvalue weighted by Crippen LogP contribution is -2.34. The fraction of sp³-hybridized carbons (Fsp3) is 0.500. The number of aryl methyl sites for hydroxylation is 2. The minimum atomic E-state index is 0. The average Bonchev–Trinajstić information content (AvgIpc) is 2.60. The smallest absolute Gasteiger partial charge is 0.253 e. The molecule has 1 aromatic rings. The summed E-state index contributed by atoms with van der Waals surface area (Å²) in [6, 6.07) is 5.96. The van der Waals surface area contributed by atoms with E-state index in [0.29, 0.717) is 0 Å². The first kappa shape index (κ1) is 15.0. The molecular formula is C14H21ClN2O. The lowest BCUT2D eigenvalue weighted by Gasteiger charge is -2.20. The van der Waals surface area contributed by atoms with Crippen LogP contribution in [0.2, 0.25) is 0 Å². The number of rotatable bonds is 1. The molecule has 1 aliphatic rings. The zero-order valence-electron chi connectivity index (χ0n) is 11.0.